The van der Waals surface area contributed by atoms with Crippen LogP contribution in [0.3, 0.4) is 0 Å². The number of hydrogen-bond donors (Lipinski definition) is 11. The Bertz CT molecular complexity index is 646. The summed E-state index contributed by atoms with van der Waals surface area (Å²) in [6, 6.07) is -2.67. The predicted molar refractivity (Wildman–Crippen MR) is 105 cm³/mol. The number of rotatable bonds is 7. The van der Waals surface area contributed by atoms with Crippen molar-refractivity contribution < 1.29 is 69.6 Å². The van der Waals surface area contributed by atoms with Gasteiger partial charge in [0.1, 0.15) is 61.0 Å². The minimum Gasteiger partial charge on any atom is -0.394 e. The van der Waals surface area contributed by atoms with E-state index in [1.54, 1.807) is 0 Å². The van der Waals surface area contributed by atoms with Crippen LogP contribution in [0.1, 0.15) is 0 Å². The third-order valence-electron chi connectivity index (χ3n) is 6.25. The van der Waals surface area contributed by atoms with E-state index < -0.39 is 112 Å². The number of aliphatic hydroxyl groups excluding tert-OH is 9. The summed E-state index contributed by atoms with van der Waals surface area (Å²) < 4.78 is 27.0. The first kappa shape index (κ1) is 27.9. The van der Waals surface area contributed by atoms with E-state index in [4.69, 9.17) is 35.2 Å². The van der Waals surface area contributed by atoms with Gasteiger partial charge in [-0.3, -0.25) is 0 Å². The van der Waals surface area contributed by atoms with Gasteiger partial charge in [0.15, 0.2) is 18.9 Å². The molecular formula is C18H34N2O14. The summed E-state index contributed by atoms with van der Waals surface area (Å²) in [7, 11) is 0. The van der Waals surface area contributed by atoms with Crippen LogP contribution in [0.4, 0.5) is 0 Å². The molecule has 3 aliphatic heterocycles. The highest BCUT2D eigenvalue weighted by atomic mass is 16.7. The minimum absolute atomic E-state index is 0.692. The molecule has 0 spiro atoms. The quantitative estimate of drug-likeness (QED) is 0.154. The van der Waals surface area contributed by atoms with E-state index in [1.807, 2.05) is 0 Å². The topological polar surface area (TPSA) is 280 Å². The van der Waals surface area contributed by atoms with E-state index >= 15 is 0 Å². The van der Waals surface area contributed by atoms with Gasteiger partial charge in [-0.05, 0) is 0 Å². The highest BCUT2D eigenvalue weighted by molar-refractivity contribution is 4.97. The van der Waals surface area contributed by atoms with Crippen molar-refractivity contribution in [3.63, 3.8) is 0 Å². The van der Waals surface area contributed by atoms with E-state index in [0.717, 1.165) is 0 Å². The first-order valence-corrected chi connectivity index (χ1v) is 10.7. The molecule has 0 amide bonds. The van der Waals surface area contributed by atoms with Crippen LogP contribution in [-0.4, -0.2) is 158 Å². The zero-order chi connectivity index (χ0) is 25.3. The van der Waals surface area contributed by atoms with Crippen molar-refractivity contribution in [3.05, 3.63) is 0 Å². The first-order chi connectivity index (χ1) is 16.0. The summed E-state index contributed by atoms with van der Waals surface area (Å²) in [5, 5.41) is 90.1. The molecule has 3 aliphatic rings. The van der Waals surface area contributed by atoms with Crippen LogP contribution in [-0.2, 0) is 23.7 Å². The average molecular weight is 502 g/mol. The maximum atomic E-state index is 10.8. The maximum Gasteiger partial charge on any atom is 0.187 e. The van der Waals surface area contributed by atoms with E-state index in [9.17, 15) is 46.0 Å². The predicted octanol–water partition coefficient (Wildman–Crippen LogP) is -7.64. The first-order valence-electron chi connectivity index (χ1n) is 10.7. The summed E-state index contributed by atoms with van der Waals surface area (Å²) in [6.45, 7) is -2.14. The zero-order valence-electron chi connectivity index (χ0n) is 18.0. The summed E-state index contributed by atoms with van der Waals surface area (Å²) >= 11 is 0. The Morgan fingerprint density at radius 1 is 0.529 bits per heavy atom. The van der Waals surface area contributed by atoms with Crippen LogP contribution in [0.25, 0.3) is 0 Å². The minimum atomic E-state index is -1.81. The third kappa shape index (κ3) is 5.37. The molecule has 0 radical (unpaired) electrons. The second kappa shape index (κ2) is 11.6. The molecule has 0 aromatic rings. The molecule has 3 heterocycles. The van der Waals surface area contributed by atoms with Crippen molar-refractivity contribution in [2.24, 2.45) is 11.5 Å². The summed E-state index contributed by atoms with van der Waals surface area (Å²) in [5.41, 5.74) is 11.5. The lowest BCUT2D eigenvalue weighted by Crippen LogP contribution is -2.68. The normalized spacial score (nSPS) is 52.5. The van der Waals surface area contributed by atoms with Gasteiger partial charge in [-0.15, -0.1) is 0 Å². The zero-order valence-corrected chi connectivity index (χ0v) is 18.0. The van der Waals surface area contributed by atoms with E-state index in [2.05, 4.69) is 0 Å². The van der Waals surface area contributed by atoms with Gasteiger partial charge in [-0.2, -0.15) is 0 Å². The number of nitrogens with two attached hydrogens (primary N) is 2. The summed E-state index contributed by atoms with van der Waals surface area (Å²) in [6.07, 6.45) is -19.8. The smallest absolute Gasteiger partial charge is 0.187 e. The molecule has 200 valence electrons. The van der Waals surface area contributed by atoms with Gasteiger partial charge < -0.3 is 81.1 Å². The molecule has 0 saturated carbocycles. The molecule has 3 rings (SSSR count). The summed E-state index contributed by atoms with van der Waals surface area (Å²) in [5.74, 6) is 0. The molecule has 0 aromatic heterocycles. The van der Waals surface area contributed by atoms with Gasteiger partial charge in [0.05, 0.1) is 31.9 Å². The fraction of sp³-hybridized carbons (Fsp3) is 1.00. The molecule has 3 saturated heterocycles. The monoisotopic (exact) mass is 502 g/mol. The number of ether oxygens (including phenoxy) is 5. The Morgan fingerprint density at radius 3 is 1.65 bits per heavy atom. The fourth-order valence-corrected chi connectivity index (χ4v) is 4.13. The van der Waals surface area contributed by atoms with Crippen LogP contribution in [0.2, 0.25) is 0 Å². The lowest BCUT2D eigenvalue weighted by atomic mass is 9.95. The van der Waals surface area contributed by atoms with Crippen molar-refractivity contribution in [1.82, 2.24) is 0 Å². The average Bonchev–Trinajstić information content (AvgIpc) is 2.83. The number of aliphatic hydroxyl groups is 9. The molecule has 1 unspecified atom stereocenters. The van der Waals surface area contributed by atoms with Crippen molar-refractivity contribution in [1.29, 1.82) is 0 Å². The fourth-order valence-electron chi connectivity index (χ4n) is 4.13. The van der Waals surface area contributed by atoms with E-state index in [1.165, 1.54) is 0 Å². The van der Waals surface area contributed by atoms with E-state index in [0.29, 0.717) is 0 Å². The Morgan fingerprint density at radius 2 is 1.06 bits per heavy atom. The van der Waals surface area contributed by atoms with Crippen LogP contribution < -0.4 is 11.5 Å². The van der Waals surface area contributed by atoms with Crippen molar-refractivity contribution >= 4 is 0 Å². The number of hydrogen-bond acceptors (Lipinski definition) is 16. The lowest BCUT2D eigenvalue weighted by Gasteiger charge is -2.48. The molecule has 3 fully saturated rings. The van der Waals surface area contributed by atoms with Gasteiger partial charge in [-0.1, -0.05) is 0 Å². The molecule has 15 atom stereocenters. The van der Waals surface area contributed by atoms with Crippen LogP contribution in [0, 0.1) is 0 Å². The second-order valence-corrected chi connectivity index (χ2v) is 8.51. The Labute approximate surface area is 193 Å². The molecule has 0 bridgehead atoms. The highest BCUT2D eigenvalue weighted by Gasteiger charge is 2.52. The third-order valence-corrected chi connectivity index (χ3v) is 6.25. The maximum absolute atomic E-state index is 10.8. The van der Waals surface area contributed by atoms with Gasteiger partial charge in [0.25, 0.3) is 0 Å². The molecule has 0 aliphatic carbocycles. The van der Waals surface area contributed by atoms with Gasteiger partial charge >= 0.3 is 0 Å². The molecule has 16 nitrogen and oxygen atoms in total. The Balaban J connectivity index is 1.78. The van der Waals surface area contributed by atoms with Crippen LogP contribution in [0.5, 0.6) is 0 Å². The molecule has 34 heavy (non-hydrogen) atoms. The van der Waals surface area contributed by atoms with Gasteiger partial charge in [0.2, 0.25) is 0 Å². The van der Waals surface area contributed by atoms with Crippen molar-refractivity contribution in [2.45, 2.75) is 92.0 Å². The highest BCUT2D eigenvalue weighted by Crippen LogP contribution is 2.31. The largest absolute Gasteiger partial charge is 0.394 e. The van der Waals surface area contributed by atoms with Gasteiger partial charge in [0, 0.05) is 0 Å². The SMILES string of the molecule is N[C@H]1[C@@H](O[C@H]2[C@@H](O)[C@@H](CO)O[C@@H](O[C@H]3[C@H](O)[C@@H](N)C(O)O[C@@H]3CO)[C@@H]2O)O[C@H](CO)[C@H](O)[C@@H]1O. The van der Waals surface area contributed by atoms with Gasteiger partial charge in [-0.25, -0.2) is 0 Å². The van der Waals surface area contributed by atoms with Crippen molar-refractivity contribution in [3.8, 4) is 0 Å². The standard InChI is InChI=1S/C18H34N2O14/c19-7-12(27)14(6(3-23)30-16(7)29)33-18-13(28)15(10(25)5(2-22)32-18)34-17-8(20)11(26)9(24)4(1-21)31-17/h4-18,21-29H,1-3,19-20H2/t4-,5-,6-,7-,8-,9+,10+,11-,12-,13-,14-,15+,16?,17-,18+/m1/s1. The molecule has 13 N–H and O–H groups in total. The second-order valence-electron chi connectivity index (χ2n) is 8.51. The molecule has 0 aromatic carbocycles. The lowest BCUT2D eigenvalue weighted by molar-refractivity contribution is -0.366. The molecular weight excluding hydrogens is 468 g/mol. The van der Waals surface area contributed by atoms with E-state index in [-0.39, 0.29) is 0 Å². The van der Waals surface area contributed by atoms with Crippen LogP contribution in [0.15, 0.2) is 0 Å². The van der Waals surface area contributed by atoms with Crippen molar-refractivity contribution in [2.75, 3.05) is 19.8 Å². The molecule has 16 heteroatoms. The van der Waals surface area contributed by atoms with Crippen LogP contribution >= 0.6 is 0 Å². The Kier molecular flexibility index (Phi) is 9.54. The Hall–Kier alpha value is -0.640. The summed E-state index contributed by atoms with van der Waals surface area (Å²) in [4.78, 5) is 0.